The Hall–Kier alpha value is -1.88. The number of amides is 1. The van der Waals surface area contributed by atoms with Crippen molar-refractivity contribution in [3.63, 3.8) is 0 Å². The van der Waals surface area contributed by atoms with Crippen molar-refractivity contribution in [2.24, 2.45) is 5.92 Å². The van der Waals surface area contributed by atoms with Crippen molar-refractivity contribution >= 4 is 11.9 Å². The van der Waals surface area contributed by atoms with E-state index in [1.807, 2.05) is 24.3 Å². The normalized spacial score (nSPS) is 23.8. The van der Waals surface area contributed by atoms with Gasteiger partial charge in [0.15, 0.2) is 0 Å². The highest BCUT2D eigenvalue weighted by Crippen LogP contribution is 2.32. The predicted octanol–water partition coefficient (Wildman–Crippen LogP) is 2.81. The van der Waals surface area contributed by atoms with Crippen LogP contribution in [0.2, 0.25) is 0 Å². The molecule has 2 N–H and O–H groups in total. The van der Waals surface area contributed by atoms with E-state index < -0.39 is 5.60 Å². The number of esters is 1. The number of benzene rings is 1. The summed E-state index contributed by atoms with van der Waals surface area (Å²) in [5.74, 6) is -0.556. The number of ether oxygens (including phenoxy) is 1. The number of hydrogen-bond acceptors (Lipinski definition) is 4. The van der Waals surface area contributed by atoms with Gasteiger partial charge in [0, 0.05) is 12.1 Å². The molecule has 5 nitrogen and oxygen atoms in total. The second-order valence-electron chi connectivity index (χ2n) is 8.03. The summed E-state index contributed by atoms with van der Waals surface area (Å²) in [6.45, 7) is 6.58. The minimum atomic E-state index is -0.953. The average molecular weight is 347 g/mol. The molecular weight excluding hydrogens is 318 g/mol. The van der Waals surface area contributed by atoms with Crippen LogP contribution in [-0.2, 0) is 14.9 Å². The Kier molecular flexibility index (Phi) is 5.88. The topological polar surface area (TPSA) is 75.6 Å². The smallest absolute Gasteiger partial charge is 0.308 e. The van der Waals surface area contributed by atoms with Gasteiger partial charge in [-0.1, -0.05) is 32.9 Å². The zero-order valence-electron chi connectivity index (χ0n) is 15.6. The van der Waals surface area contributed by atoms with Gasteiger partial charge in [-0.3, -0.25) is 9.59 Å². The van der Waals surface area contributed by atoms with Crippen LogP contribution in [0, 0.1) is 5.92 Å². The number of nitrogens with one attached hydrogen (secondary N) is 1. The van der Waals surface area contributed by atoms with Crippen molar-refractivity contribution in [3.05, 3.63) is 35.4 Å². The van der Waals surface area contributed by atoms with Crippen LogP contribution in [0.5, 0.6) is 0 Å². The zero-order chi connectivity index (χ0) is 18.7. The Balaban J connectivity index is 1.88. The fourth-order valence-electron chi connectivity index (χ4n) is 3.20. The molecule has 1 aromatic carbocycles. The summed E-state index contributed by atoms with van der Waals surface area (Å²) in [4.78, 5) is 23.9. The largest absolute Gasteiger partial charge is 0.469 e. The van der Waals surface area contributed by atoms with Crippen molar-refractivity contribution in [2.75, 3.05) is 13.7 Å². The molecule has 0 radical (unpaired) electrons. The van der Waals surface area contributed by atoms with Crippen molar-refractivity contribution in [1.29, 1.82) is 0 Å². The first kappa shape index (κ1) is 19.4. The van der Waals surface area contributed by atoms with Gasteiger partial charge in [0.25, 0.3) is 5.91 Å². The zero-order valence-corrected chi connectivity index (χ0v) is 15.6. The number of carbonyl (C=O) groups is 2. The maximum atomic E-state index is 12.3. The Morgan fingerprint density at radius 3 is 2.24 bits per heavy atom. The van der Waals surface area contributed by atoms with E-state index in [1.54, 1.807) is 0 Å². The molecular formula is C20H29NO4. The molecule has 5 heteroatoms. The van der Waals surface area contributed by atoms with Crippen LogP contribution >= 0.6 is 0 Å². The number of hydrogen-bond donors (Lipinski definition) is 2. The molecule has 1 amide bonds. The first-order chi connectivity index (χ1) is 11.6. The highest BCUT2D eigenvalue weighted by Gasteiger charge is 2.36. The third-order valence-electron chi connectivity index (χ3n) is 5.04. The van der Waals surface area contributed by atoms with E-state index in [2.05, 4.69) is 26.1 Å². The molecule has 0 heterocycles. The molecule has 1 aromatic rings. The lowest BCUT2D eigenvalue weighted by molar-refractivity contribution is -0.148. The molecule has 1 saturated carbocycles. The van der Waals surface area contributed by atoms with Gasteiger partial charge >= 0.3 is 5.97 Å². The van der Waals surface area contributed by atoms with Gasteiger partial charge < -0.3 is 15.2 Å². The van der Waals surface area contributed by atoms with E-state index in [0.717, 1.165) is 0 Å². The van der Waals surface area contributed by atoms with E-state index >= 15 is 0 Å². The van der Waals surface area contributed by atoms with Gasteiger partial charge in [0.05, 0.1) is 18.6 Å². The van der Waals surface area contributed by atoms with Crippen LogP contribution in [0.4, 0.5) is 0 Å². The average Bonchev–Trinajstić information content (AvgIpc) is 2.59. The molecule has 1 aliphatic carbocycles. The van der Waals surface area contributed by atoms with E-state index in [1.165, 1.54) is 12.7 Å². The summed E-state index contributed by atoms with van der Waals surface area (Å²) in [6, 6.07) is 7.55. The van der Waals surface area contributed by atoms with Crippen LogP contribution in [0.25, 0.3) is 0 Å². The molecule has 1 fully saturated rings. The van der Waals surface area contributed by atoms with Gasteiger partial charge in [-0.25, -0.2) is 0 Å². The molecule has 0 unspecified atom stereocenters. The fourth-order valence-corrected chi connectivity index (χ4v) is 3.20. The Morgan fingerprint density at radius 2 is 1.76 bits per heavy atom. The SMILES string of the molecule is COC(=O)C1CCC(O)(CNC(=O)c2ccc(C(C)(C)C)cc2)CC1. The summed E-state index contributed by atoms with van der Waals surface area (Å²) in [7, 11) is 1.38. The van der Waals surface area contributed by atoms with Crippen molar-refractivity contribution in [3.8, 4) is 0 Å². The number of carbonyl (C=O) groups excluding carboxylic acids is 2. The summed E-state index contributed by atoms with van der Waals surface area (Å²) >= 11 is 0. The second kappa shape index (κ2) is 7.56. The van der Waals surface area contributed by atoms with Crippen LogP contribution in [-0.4, -0.2) is 36.2 Å². The van der Waals surface area contributed by atoms with E-state index in [-0.39, 0.29) is 29.8 Å². The van der Waals surface area contributed by atoms with E-state index in [9.17, 15) is 14.7 Å². The molecule has 1 aliphatic rings. The van der Waals surface area contributed by atoms with Gasteiger partial charge in [0.1, 0.15) is 0 Å². The summed E-state index contributed by atoms with van der Waals surface area (Å²) in [6.07, 6.45) is 2.13. The molecule has 0 bridgehead atoms. The van der Waals surface area contributed by atoms with Crippen LogP contribution in [0.15, 0.2) is 24.3 Å². The van der Waals surface area contributed by atoms with Crippen molar-refractivity contribution < 1.29 is 19.4 Å². The lowest BCUT2D eigenvalue weighted by Crippen LogP contribution is -2.46. The van der Waals surface area contributed by atoms with E-state index in [0.29, 0.717) is 31.2 Å². The Morgan fingerprint density at radius 1 is 1.20 bits per heavy atom. The van der Waals surface area contributed by atoms with E-state index in [4.69, 9.17) is 4.74 Å². The molecule has 0 spiro atoms. The van der Waals surface area contributed by atoms with Gasteiger partial charge in [0.2, 0.25) is 0 Å². The maximum absolute atomic E-state index is 12.3. The minimum absolute atomic E-state index is 0.0441. The maximum Gasteiger partial charge on any atom is 0.308 e. The van der Waals surface area contributed by atoms with Crippen LogP contribution in [0.1, 0.15) is 62.4 Å². The molecule has 0 saturated heterocycles. The van der Waals surface area contributed by atoms with Gasteiger partial charge in [-0.2, -0.15) is 0 Å². The van der Waals surface area contributed by atoms with Crippen molar-refractivity contribution in [2.45, 2.75) is 57.5 Å². The first-order valence-electron chi connectivity index (χ1n) is 8.83. The van der Waals surface area contributed by atoms with Crippen molar-refractivity contribution in [1.82, 2.24) is 5.32 Å². The lowest BCUT2D eigenvalue weighted by Gasteiger charge is -2.35. The lowest BCUT2D eigenvalue weighted by atomic mass is 9.78. The first-order valence-corrected chi connectivity index (χ1v) is 8.83. The molecule has 0 aromatic heterocycles. The number of aliphatic hydroxyl groups is 1. The molecule has 0 aliphatic heterocycles. The third kappa shape index (κ3) is 5.05. The summed E-state index contributed by atoms with van der Waals surface area (Å²) < 4.78 is 4.76. The quantitative estimate of drug-likeness (QED) is 0.821. The highest BCUT2D eigenvalue weighted by molar-refractivity contribution is 5.94. The highest BCUT2D eigenvalue weighted by atomic mass is 16.5. The summed E-state index contributed by atoms with van der Waals surface area (Å²) in [5.41, 5.74) is 0.845. The third-order valence-corrected chi connectivity index (χ3v) is 5.04. The monoisotopic (exact) mass is 347 g/mol. The predicted molar refractivity (Wildman–Crippen MR) is 96.4 cm³/mol. The fraction of sp³-hybridized carbons (Fsp3) is 0.600. The Bertz CT molecular complexity index is 608. The molecule has 0 atom stereocenters. The second-order valence-corrected chi connectivity index (χ2v) is 8.03. The number of methoxy groups -OCH3 is 1. The van der Waals surface area contributed by atoms with Crippen LogP contribution in [0.3, 0.4) is 0 Å². The number of rotatable bonds is 4. The molecule has 2 rings (SSSR count). The van der Waals surface area contributed by atoms with Crippen LogP contribution < -0.4 is 5.32 Å². The Labute approximate surface area is 149 Å². The molecule has 138 valence electrons. The molecule has 25 heavy (non-hydrogen) atoms. The van der Waals surface area contributed by atoms with Gasteiger partial charge in [-0.15, -0.1) is 0 Å². The summed E-state index contributed by atoms with van der Waals surface area (Å²) in [5, 5.41) is 13.4. The standard InChI is InChI=1S/C20H29NO4/c1-19(2,3)16-7-5-14(6-8-16)17(22)21-13-20(24)11-9-15(10-12-20)18(23)25-4/h5-8,15,24H,9-13H2,1-4H3,(H,21,22). The minimum Gasteiger partial charge on any atom is -0.469 e. The van der Waals surface area contributed by atoms with Gasteiger partial charge in [-0.05, 0) is 48.8 Å².